The van der Waals surface area contributed by atoms with E-state index in [0.717, 1.165) is 19.4 Å². The van der Waals surface area contributed by atoms with Gasteiger partial charge in [0.15, 0.2) is 0 Å². The second-order valence-electron chi connectivity index (χ2n) is 7.29. The molecular formula is C16H26BN3O2. The maximum Gasteiger partial charge on any atom is 0.498 e. The van der Waals surface area contributed by atoms with E-state index in [1.165, 1.54) is 6.42 Å². The van der Waals surface area contributed by atoms with Crippen molar-refractivity contribution in [3.63, 3.8) is 0 Å². The Labute approximate surface area is 136 Å². The van der Waals surface area contributed by atoms with Crippen molar-refractivity contribution in [1.82, 2.24) is 9.97 Å². The zero-order valence-corrected chi connectivity index (χ0v) is 14.1. The van der Waals surface area contributed by atoms with E-state index in [0.29, 0.717) is 17.5 Å². The van der Waals surface area contributed by atoms with Crippen LogP contribution in [0.2, 0.25) is 0 Å². The third-order valence-corrected chi connectivity index (χ3v) is 5.10. The molecule has 3 rings (SSSR count). The fourth-order valence-electron chi connectivity index (χ4n) is 2.86. The van der Waals surface area contributed by atoms with E-state index >= 15 is 0 Å². The Morgan fingerprint density at radius 1 is 1.18 bits per heavy atom. The first kappa shape index (κ1) is 13.3. The van der Waals surface area contributed by atoms with Crippen molar-refractivity contribution in [3.05, 3.63) is 12.3 Å². The highest BCUT2D eigenvalue weighted by Gasteiger charge is 2.52. The minimum atomic E-state index is -0.775. The van der Waals surface area contributed by atoms with E-state index in [1.54, 1.807) is 0 Å². The smallest absolute Gasteiger partial charge is 0.399 e. The number of nitrogens with zero attached hydrogens (tertiary/aromatic N) is 3. The van der Waals surface area contributed by atoms with Gasteiger partial charge in [0.05, 0.1) is 13.9 Å². The first-order chi connectivity index (χ1) is 11.1. The summed E-state index contributed by atoms with van der Waals surface area (Å²) in [4.78, 5) is 10.8. The highest BCUT2D eigenvalue weighted by molar-refractivity contribution is 6.61. The Morgan fingerprint density at radius 2 is 1.77 bits per heavy atom. The fourth-order valence-corrected chi connectivity index (χ4v) is 2.86. The average molecular weight is 305 g/mol. The SMILES string of the molecule is [2H]c1nc(N2CCCCC2C)nc([2H])c1B1OC(C)(C)C(C)(C)O1. The van der Waals surface area contributed by atoms with Gasteiger partial charge in [-0.15, -0.1) is 0 Å². The van der Waals surface area contributed by atoms with Crippen LogP contribution in [-0.4, -0.2) is 40.9 Å². The van der Waals surface area contributed by atoms with E-state index in [2.05, 4.69) is 21.8 Å². The van der Waals surface area contributed by atoms with Crippen LogP contribution in [0, 0.1) is 0 Å². The van der Waals surface area contributed by atoms with Gasteiger partial charge in [-0.2, -0.15) is 0 Å². The topological polar surface area (TPSA) is 47.5 Å². The van der Waals surface area contributed by atoms with E-state index in [9.17, 15) is 0 Å². The van der Waals surface area contributed by atoms with Crippen LogP contribution in [0.4, 0.5) is 5.95 Å². The summed E-state index contributed by atoms with van der Waals surface area (Å²) in [6.45, 7) is 10.8. The Hall–Kier alpha value is -1.14. The highest BCUT2D eigenvalue weighted by Crippen LogP contribution is 2.36. The van der Waals surface area contributed by atoms with Crippen LogP contribution in [-0.2, 0) is 9.31 Å². The third kappa shape index (κ3) is 2.74. The van der Waals surface area contributed by atoms with Crippen molar-refractivity contribution >= 4 is 18.5 Å². The summed E-state index contributed by atoms with van der Waals surface area (Å²) < 4.78 is 28.5. The van der Waals surface area contributed by atoms with Crippen LogP contribution in [0.5, 0.6) is 0 Å². The van der Waals surface area contributed by atoms with Crippen LogP contribution in [0.25, 0.3) is 0 Å². The molecule has 5 nitrogen and oxygen atoms in total. The second kappa shape index (κ2) is 5.50. The molecule has 0 spiro atoms. The summed E-state index contributed by atoms with van der Waals surface area (Å²) in [6, 6.07) is 0.334. The van der Waals surface area contributed by atoms with Crippen LogP contribution < -0.4 is 10.4 Å². The summed E-state index contributed by atoms with van der Waals surface area (Å²) in [5.74, 6) is 0.470. The highest BCUT2D eigenvalue weighted by atomic mass is 16.7. The van der Waals surface area contributed by atoms with Gasteiger partial charge >= 0.3 is 7.12 Å². The molecule has 0 bridgehead atoms. The maximum atomic E-state index is 8.30. The summed E-state index contributed by atoms with van der Waals surface area (Å²) in [6.07, 6.45) is 3.41. The van der Waals surface area contributed by atoms with Crippen molar-refractivity contribution in [2.45, 2.75) is 71.1 Å². The molecule has 1 unspecified atom stereocenters. The van der Waals surface area contributed by atoms with Crippen LogP contribution in [0.1, 0.15) is 56.6 Å². The molecule has 0 saturated carbocycles. The van der Waals surface area contributed by atoms with Gasteiger partial charge in [-0.25, -0.2) is 9.97 Å². The molecule has 2 saturated heterocycles. The molecule has 1 aromatic rings. The first-order valence-corrected chi connectivity index (χ1v) is 8.10. The zero-order valence-electron chi connectivity index (χ0n) is 16.1. The van der Waals surface area contributed by atoms with Crippen molar-refractivity contribution in [2.24, 2.45) is 0 Å². The Morgan fingerprint density at radius 3 is 2.32 bits per heavy atom. The lowest BCUT2D eigenvalue weighted by atomic mass is 9.81. The average Bonchev–Trinajstić information content (AvgIpc) is 2.66. The number of rotatable bonds is 2. The molecule has 120 valence electrons. The molecule has 6 heteroatoms. The van der Waals surface area contributed by atoms with Crippen molar-refractivity contribution in [3.8, 4) is 0 Å². The predicted octanol–water partition coefficient (Wildman–Crippen LogP) is 2.15. The summed E-state index contributed by atoms with van der Waals surface area (Å²) >= 11 is 0. The molecule has 22 heavy (non-hydrogen) atoms. The molecule has 0 N–H and O–H groups in total. The van der Waals surface area contributed by atoms with E-state index in [-0.39, 0.29) is 12.3 Å². The lowest BCUT2D eigenvalue weighted by Gasteiger charge is -2.33. The van der Waals surface area contributed by atoms with Crippen molar-refractivity contribution < 1.29 is 12.1 Å². The number of hydrogen-bond acceptors (Lipinski definition) is 5. The minimum Gasteiger partial charge on any atom is -0.399 e. The zero-order chi connectivity index (χ0) is 17.7. The number of hydrogen-bond donors (Lipinski definition) is 0. The molecule has 0 aromatic carbocycles. The lowest BCUT2D eigenvalue weighted by Crippen LogP contribution is -2.41. The molecular weight excluding hydrogens is 277 g/mol. The van der Waals surface area contributed by atoms with Gasteiger partial charge in [-0.3, -0.25) is 0 Å². The first-order valence-electron chi connectivity index (χ1n) is 9.10. The molecule has 1 aromatic heterocycles. The van der Waals surface area contributed by atoms with E-state index in [4.69, 9.17) is 12.1 Å². The Kier molecular flexibility index (Phi) is 3.33. The number of piperidine rings is 1. The maximum absolute atomic E-state index is 8.30. The van der Waals surface area contributed by atoms with Gasteiger partial charge in [-0.1, -0.05) is 0 Å². The van der Waals surface area contributed by atoms with Crippen molar-refractivity contribution in [1.29, 1.82) is 0 Å². The fraction of sp³-hybridized carbons (Fsp3) is 0.750. The van der Waals surface area contributed by atoms with Crippen LogP contribution >= 0.6 is 0 Å². The monoisotopic (exact) mass is 305 g/mol. The molecule has 3 heterocycles. The molecule has 0 aliphatic carbocycles. The van der Waals surface area contributed by atoms with Gasteiger partial charge in [-0.05, 0) is 53.9 Å². The molecule has 2 aliphatic rings. The lowest BCUT2D eigenvalue weighted by molar-refractivity contribution is 0.00578. The summed E-state index contributed by atoms with van der Waals surface area (Å²) in [7, 11) is -0.775. The number of aromatic nitrogens is 2. The quantitative estimate of drug-likeness (QED) is 0.784. The number of anilines is 1. The predicted molar refractivity (Wildman–Crippen MR) is 88.4 cm³/mol. The van der Waals surface area contributed by atoms with Gasteiger partial charge in [0.25, 0.3) is 0 Å². The standard InChI is InChI=1S/C16H26BN3O2/c1-12-8-6-7-9-20(12)14-18-10-13(11-19-14)17-21-15(2,3)16(4,5)22-17/h10-12H,6-9H2,1-5H3/i10D,11D. The molecule has 1 atom stereocenters. The van der Waals surface area contributed by atoms with Crippen molar-refractivity contribution in [2.75, 3.05) is 11.4 Å². The van der Waals surface area contributed by atoms with Crippen LogP contribution in [0.3, 0.4) is 0 Å². The normalized spacial score (nSPS) is 28.5. The second-order valence-corrected chi connectivity index (χ2v) is 7.29. The third-order valence-electron chi connectivity index (χ3n) is 5.10. The van der Waals surface area contributed by atoms with Gasteiger partial charge in [0.1, 0.15) is 0 Å². The van der Waals surface area contributed by atoms with Crippen LogP contribution in [0.15, 0.2) is 12.3 Å². The molecule has 2 fully saturated rings. The van der Waals surface area contributed by atoms with Gasteiger partial charge in [0, 0.05) is 30.4 Å². The van der Waals surface area contributed by atoms with E-state index in [1.807, 2.05) is 27.7 Å². The van der Waals surface area contributed by atoms with Gasteiger partial charge in [0.2, 0.25) is 5.95 Å². The van der Waals surface area contributed by atoms with Gasteiger partial charge < -0.3 is 14.2 Å². The Balaban J connectivity index is 1.92. The summed E-state index contributed by atoms with van der Waals surface area (Å²) in [5.41, 5.74) is -0.727. The Bertz CT molecular complexity index is 603. The minimum absolute atomic E-state index is 0.0151. The molecule has 0 radical (unpaired) electrons. The largest absolute Gasteiger partial charge is 0.498 e. The summed E-state index contributed by atoms with van der Waals surface area (Å²) in [5, 5.41) is 0. The molecule has 0 amide bonds. The van der Waals surface area contributed by atoms with E-state index < -0.39 is 18.3 Å². The molecule has 2 aliphatic heterocycles.